The van der Waals surface area contributed by atoms with Crippen molar-refractivity contribution in [2.24, 2.45) is 0 Å². The van der Waals surface area contributed by atoms with E-state index in [0.29, 0.717) is 24.2 Å². The van der Waals surface area contributed by atoms with Crippen LogP contribution in [0.4, 0.5) is 28.0 Å². The van der Waals surface area contributed by atoms with Crippen LogP contribution in [0.1, 0.15) is 22.6 Å². The summed E-state index contributed by atoms with van der Waals surface area (Å²) in [7, 11) is 0. The van der Waals surface area contributed by atoms with Gasteiger partial charge in [-0.2, -0.15) is 13.2 Å². The second-order valence-electron chi connectivity index (χ2n) is 6.25. The van der Waals surface area contributed by atoms with Gasteiger partial charge in [-0.3, -0.25) is 4.90 Å². The Morgan fingerprint density at radius 3 is 2.39 bits per heavy atom. The van der Waals surface area contributed by atoms with Crippen LogP contribution in [0.25, 0.3) is 6.08 Å². The zero-order valence-electron chi connectivity index (χ0n) is 14.1. The van der Waals surface area contributed by atoms with E-state index >= 15 is 0 Å². The number of benzene rings is 2. The van der Waals surface area contributed by atoms with Gasteiger partial charge in [0.25, 0.3) is 0 Å². The van der Waals surface area contributed by atoms with Gasteiger partial charge in [-0.25, -0.2) is 9.18 Å². The number of halogens is 6. The Kier molecular flexibility index (Phi) is 5.59. The zero-order valence-corrected chi connectivity index (χ0v) is 15.6. The fourth-order valence-corrected chi connectivity index (χ4v) is 3.60. The van der Waals surface area contributed by atoms with E-state index in [9.17, 15) is 22.4 Å². The van der Waals surface area contributed by atoms with Crippen molar-refractivity contribution < 1.29 is 27.5 Å². The standard InChI is InChI=1S/C19H13Cl2F4NO2/c20-14-8-12(9-15(21)17(14)22)13(19(23,24)25)3-1-10-2-4-16-11(7-10)5-6-26(16)18(27)28/h1-4,7-9,13H,5-6H2,(H,27,28)/b3-1+. The number of alkyl halides is 3. The maximum absolute atomic E-state index is 13.5. The van der Waals surface area contributed by atoms with E-state index in [4.69, 9.17) is 28.3 Å². The molecule has 0 bridgehead atoms. The number of allylic oxidation sites excluding steroid dienone is 1. The van der Waals surface area contributed by atoms with E-state index in [1.54, 1.807) is 12.1 Å². The summed E-state index contributed by atoms with van der Waals surface area (Å²) in [4.78, 5) is 12.3. The second kappa shape index (κ2) is 7.64. The minimum absolute atomic E-state index is 0.279. The lowest BCUT2D eigenvalue weighted by atomic mass is 9.96. The monoisotopic (exact) mass is 433 g/mol. The Labute approximate surface area is 167 Å². The van der Waals surface area contributed by atoms with Crippen molar-refractivity contribution in [1.82, 2.24) is 0 Å². The summed E-state index contributed by atoms with van der Waals surface area (Å²) in [6.07, 6.45) is -3.02. The second-order valence-corrected chi connectivity index (χ2v) is 7.06. The van der Waals surface area contributed by atoms with Gasteiger partial charge in [-0.1, -0.05) is 41.4 Å². The van der Waals surface area contributed by atoms with Gasteiger partial charge in [-0.05, 0) is 47.4 Å². The van der Waals surface area contributed by atoms with Crippen LogP contribution < -0.4 is 4.90 Å². The van der Waals surface area contributed by atoms with Crippen LogP contribution >= 0.6 is 23.2 Å². The van der Waals surface area contributed by atoms with Crippen molar-refractivity contribution in [2.45, 2.75) is 18.5 Å². The third kappa shape index (κ3) is 4.10. The van der Waals surface area contributed by atoms with Gasteiger partial charge in [0.15, 0.2) is 5.82 Å². The van der Waals surface area contributed by atoms with Gasteiger partial charge in [0.1, 0.15) is 0 Å². The molecule has 1 atom stereocenters. The molecule has 1 heterocycles. The summed E-state index contributed by atoms with van der Waals surface area (Å²) in [6, 6.07) is 6.54. The van der Waals surface area contributed by atoms with Crippen molar-refractivity contribution in [3.05, 3.63) is 69.0 Å². The summed E-state index contributed by atoms with van der Waals surface area (Å²) >= 11 is 11.3. The van der Waals surface area contributed by atoms with Crippen molar-refractivity contribution in [2.75, 3.05) is 11.4 Å². The highest BCUT2D eigenvalue weighted by Gasteiger charge is 2.39. The molecule has 2 aromatic rings. The van der Waals surface area contributed by atoms with Crippen molar-refractivity contribution in [3.63, 3.8) is 0 Å². The predicted molar refractivity (Wildman–Crippen MR) is 99.8 cm³/mol. The number of carboxylic acid groups (broad SMARTS) is 1. The fourth-order valence-electron chi connectivity index (χ4n) is 3.10. The molecule has 3 nitrogen and oxygen atoms in total. The van der Waals surface area contributed by atoms with E-state index in [1.165, 1.54) is 17.0 Å². The molecule has 28 heavy (non-hydrogen) atoms. The lowest BCUT2D eigenvalue weighted by molar-refractivity contribution is -0.139. The fraction of sp³-hybridized carbons (Fsp3) is 0.211. The number of amides is 1. The summed E-state index contributed by atoms with van der Waals surface area (Å²) in [5, 5.41) is 8.15. The average Bonchev–Trinajstić information content (AvgIpc) is 3.02. The molecule has 1 aliphatic heterocycles. The third-order valence-electron chi connectivity index (χ3n) is 4.43. The average molecular weight is 434 g/mol. The van der Waals surface area contributed by atoms with Crippen LogP contribution in [0.2, 0.25) is 10.0 Å². The molecule has 1 aliphatic rings. The number of nitrogens with zero attached hydrogens (tertiary/aromatic N) is 1. The minimum Gasteiger partial charge on any atom is -0.465 e. The molecule has 0 aromatic heterocycles. The Morgan fingerprint density at radius 2 is 1.82 bits per heavy atom. The van der Waals surface area contributed by atoms with Crippen LogP contribution in [0.5, 0.6) is 0 Å². The van der Waals surface area contributed by atoms with Crippen molar-refractivity contribution >= 4 is 41.1 Å². The molecule has 0 radical (unpaired) electrons. The maximum atomic E-state index is 13.5. The number of carbonyl (C=O) groups is 1. The number of fused-ring (bicyclic) bond motifs is 1. The van der Waals surface area contributed by atoms with E-state index in [0.717, 1.165) is 23.8 Å². The van der Waals surface area contributed by atoms with Crippen LogP contribution in [-0.4, -0.2) is 23.9 Å². The lowest BCUT2D eigenvalue weighted by Gasteiger charge is -2.18. The Bertz CT molecular complexity index is 936. The van der Waals surface area contributed by atoms with Gasteiger partial charge in [0.2, 0.25) is 0 Å². The highest BCUT2D eigenvalue weighted by molar-refractivity contribution is 6.35. The molecule has 1 amide bonds. The van der Waals surface area contributed by atoms with Gasteiger partial charge in [-0.15, -0.1) is 0 Å². The maximum Gasteiger partial charge on any atom is 0.411 e. The molecule has 9 heteroatoms. The van der Waals surface area contributed by atoms with E-state index < -0.39 is 34.0 Å². The number of rotatable bonds is 3. The normalized spacial score (nSPS) is 15.1. The summed E-state index contributed by atoms with van der Waals surface area (Å²) in [6.45, 7) is 0.301. The van der Waals surface area contributed by atoms with Crippen LogP contribution in [0.3, 0.4) is 0 Å². The molecule has 0 saturated carbocycles. The van der Waals surface area contributed by atoms with Gasteiger partial charge >= 0.3 is 12.3 Å². The predicted octanol–water partition coefficient (Wildman–Crippen LogP) is 6.53. The lowest BCUT2D eigenvalue weighted by Crippen LogP contribution is -2.26. The van der Waals surface area contributed by atoms with Gasteiger partial charge in [0.05, 0.1) is 21.7 Å². The molecule has 1 unspecified atom stereocenters. The first-order valence-electron chi connectivity index (χ1n) is 8.10. The van der Waals surface area contributed by atoms with E-state index in [2.05, 4.69) is 0 Å². The van der Waals surface area contributed by atoms with Crippen molar-refractivity contribution in [1.29, 1.82) is 0 Å². The molecule has 148 valence electrons. The van der Waals surface area contributed by atoms with Gasteiger partial charge < -0.3 is 5.11 Å². The first kappa shape index (κ1) is 20.5. The highest BCUT2D eigenvalue weighted by atomic mass is 35.5. The molecule has 0 fully saturated rings. The first-order chi connectivity index (χ1) is 13.1. The molecular formula is C19H13Cl2F4NO2. The molecule has 0 aliphatic carbocycles. The summed E-state index contributed by atoms with van der Waals surface area (Å²) in [5.74, 6) is -3.01. The molecule has 1 N–H and O–H groups in total. The Morgan fingerprint density at radius 1 is 1.18 bits per heavy atom. The SMILES string of the molecule is O=C(O)N1CCc2cc(/C=C/C(c3cc(Cl)c(F)c(Cl)c3)C(F)(F)F)ccc21. The zero-order chi connectivity index (χ0) is 20.6. The first-order valence-corrected chi connectivity index (χ1v) is 8.86. The number of hydrogen-bond donors (Lipinski definition) is 1. The number of anilines is 1. The van der Waals surface area contributed by atoms with Gasteiger partial charge in [0, 0.05) is 6.54 Å². The molecule has 2 aromatic carbocycles. The van der Waals surface area contributed by atoms with Crippen LogP contribution in [0, 0.1) is 5.82 Å². The molecule has 0 saturated heterocycles. The molecule has 0 spiro atoms. The largest absolute Gasteiger partial charge is 0.465 e. The smallest absolute Gasteiger partial charge is 0.411 e. The third-order valence-corrected chi connectivity index (χ3v) is 4.98. The topological polar surface area (TPSA) is 40.5 Å². The molecule has 3 rings (SSSR count). The quantitative estimate of drug-likeness (QED) is 0.441. The highest BCUT2D eigenvalue weighted by Crippen LogP contribution is 2.39. The van der Waals surface area contributed by atoms with Crippen LogP contribution in [0.15, 0.2) is 36.4 Å². The summed E-state index contributed by atoms with van der Waals surface area (Å²) < 4.78 is 54.1. The minimum atomic E-state index is -4.64. The van der Waals surface area contributed by atoms with Crippen molar-refractivity contribution in [3.8, 4) is 0 Å². The Hall–Kier alpha value is -2.25. The van der Waals surface area contributed by atoms with E-state index in [-0.39, 0.29) is 5.56 Å². The molecular weight excluding hydrogens is 421 g/mol. The number of hydrogen-bond acceptors (Lipinski definition) is 1. The summed E-state index contributed by atoms with van der Waals surface area (Å²) in [5.41, 5.74) is 1.47. The van der Waals surface area contributed by atoms with Crippen LogP contribution in [-0.2, 0) is 6.42 Å². The Balaban J connectivity index is 1.93. The van der Waals surface area contributed by atoms with E-state index in [1.807, 2.05) is 0 Å².